The van der Waals surface area contributed by atoms with Crippen molar-refractivity contribution in [2.24, 2.45) is 7.05 Å². The second-order valence-corrected chi connectivity index (χ2v) is 8.69. The molecule has 1 aliphatic rings. The lowest BCUT2D eigenvalue weighted by atomic mass is 10.0. The van der Waals surface area contributed by atoms with E-state index in [0.717, 1.165) is 44.9 Å². The van der Waals surface area contributed by atoms with Crippen LogP contribution in [0.4, 0.5) is 10.5 Å². The van der Waals surface area contributed by atoms with E-state index in [4.69, 9.17) is 9.84 Å². The van der Waals surface area contributed by atoms with Crippen molar-refractivity contribution in [1.29, 1.82) is 0 Å². The van der Waals surface area contributed by atoms with Crippen LogP contribution in [0.1, 0.15) is 13.8 Å². The topological polar surface area (TPSA) is 96.6 Å². The van der Waals surface area contributed by atoms with Crippen LogP contribution in [0.3, 0.4) is 0 Å². The Balaban J connectivity index is 1.66. The first kappa shape index (κ1) is 22.6. The minimum absolute atomic E-state index is 0.0112. The molecule has 0 saturated carbocycles. The van der Waals surface area contributed by atoms with E-state index in [1.54, 1.807) is 11.0 Å². The number of aromatic nitrogens is 4. The lowest BCUT2D eigenvalue weighted by molar-refractivity contribution is 0.136. The molecule has 1 unspecified atom stereocenters. The van der Waals surface area contributed by atoms with E-state index in [9.17, 15) is 9.90 Å². The summed E-state index contributed by atoms with van der Waals surface area (Å²) < 4.78 is 7.82. The number of nitrogens with zero attached hydrogens (tertiary/aromatic N) is 6. The minimum atomic E-state index is -0.888. The Hall–Kier alpha value is -4.14. The van der Waals surface area contributed by atoms with Crippen molar-refractivity contribution < 1.29 is 14.6 Å². The Morgan fingerprint density at radius 2 is 1.94 bits per heavy atom. The summed E-state index contributed by atoms with van der Waals surface area (Å²) in [6, 6.07) is 14.1. The summed E-state index contributed by atoms with van der Waals surface area (Å²) >= 11 is 0. The molecular weight excluding hydrogens is 444 g/mol. The van der Waals surface area contributed by atoms with Crippen molar-refractivity contribution in [1.82, 2.24) is 24.6 Å². The van der Waals surface area contributed by atoms with Gasteiger partial charge in [0, 0.05) is 61.5 Å². The first-order valence-electron chi connectivity index (χ1n) is 11.7. The highest BCUT2D eigenvalue weighted by molar-refractivity contribution is 5.98. The number of piperazine rings is 1. The van der Waals surface area contributed by atoms with E-state index in [-0.39, 0.29) is 6.04 Å². The molecule has 5 rings (SSSR count). The minimum Gasteiger partial charge on any atom is -0.492 e. The summed E-state index contributed by atoms with van der Waals surface area (Å²) in [4.78, 5) is 24.4. The third-order valence-electron chi connectivity index (χ3n) is 6.35. The van der Waals surface area contributed by atoms with Gasteiger partial charge in [-0.1, -0.05) is 30.3 Å². The van der Waals surface area contributed by atoms with E-state index in [2.05, 4.69) is 20.9 Å². The standard InChI is InChI=1S/C26H28N6O3/c1-4-35-23-13-21-19(12-22(23)32-11-10-31(26(33)34)14-17(32)2)25(28-16-27-21)20-15-30(3)29-24(20)18-8-6-5-7-9-18/h5-9,12-13,15-17H,4,10-11,14H2,1-3H3,(H,33,34). The van der Waals surface area contributed by atoms with Gasteiger partial charge in [0.05, 0.1) is 23.5 Å². The molecule has 1 amide bonds. The SMILES string of the molecule is CCOc1cc2ncnc(-c3cn(C)nc3-c3ccccc3)c2cc1N1CCN(C(=O)O)CC1C. The summed E-state index contributed by atoms with van der Waals surface area (Å²) in [6.45, 7) is 5.93. The van der Waals surface area contributed by atoms with Gasteiger partial charge in [0.15, 0.2) is 0 Å². The molecule has 35 heavy (non-hydrogen) atoms. The number of fused-ring (bicyclic) bond motifs is 1. The maximum absolute atomic E-state index is 11.5. The largest absolute Gasteiger partial charge is 0.492 e. The highest BCUT2D eigenvalue weighted by atomic mass is 16.5. The predicted molar refractivity (Wildman–Crippen MR) is 135 cm³/mol. The summed E-state index contributed by atoms with van der Waals surface area (Å²) in [5.74, 6) is 0.731. The second-order valence-electron chi connectivity index (χ2n) is 8.69. The molecule has 0 aliphatic carbocycles. The number of hydrogen-bond acceptors (Lipinski definition) is 6. The van der Waals surface area contributed by atoms with Gasteiger partial charge in [0.25, 0.3) is 0 Å². The molecule has 180 valence electrons. The maximum atomic E-state index is 11.5. The molecule has 1 N–H and O–H groups in total. The number of benzene rings is 2. The number of hydrogen-bond donors (Lipinski definition) is 1. The Morgan fingerprint density at radius 3 is 2.66 bits per heavy atom. The van der Waals surface area contributed by atoms with Gasteiger partial charge in [-0.3, -0.25) is 4.68 Å². The van der Waals surface area contributed by atoms with Gasteiger partial charge in [-0.15, -0.1) is 0 Å². The fraction of sp³-hybridized carbons (Fsp3) is 0.308. The quantitative estimate of drug-likeness (QED) is 0.463. The summed E-state index contributed by atoms with van der Waals surface area (Å²) in [5.41, 5.74) is 5.28. The van der Waals surface area contributed by atoms with Gasteiger partial charge in [-0.05, 0) is 19.9 Å². The normalized spacial score (nSPS) is 16.0. The van der Waals surface area contributed by atoms with E-state index in [0.29, 0.717) is 26.2 Å². The van der Waals surface area contributed by atoms with Crippen molar-refractivity contribution in [2.75, 3.05) is 31.1 Å². The molecule has 1 saturated heterocycles. The fourth-order valence-electron chi connectivity index (χ4n) is 4.74. The number of rotatable bonds is 5. The highest BCUT2D eigenvalue weighted by Crippen LogP contribution is 2.39. The van der Waals surface area contributed by atoms with Gasteiger partial charge in [-0.2, -0.15) is 5.10 Å². The van der Waals surface area contributed by atoms with Gasteiger partial charge < -0.3 is 19.6 Å². The summed E-state index contributed by atoms with van der Waals surface area (Å²) in [5, 5.41) is 15.0. The molecule has 1 aliphatic heterocycles. The average molecular weight is 473 g/mol. The highest BCUT2D eigenvalue weighted by Gasteiger charge is 2.29. The zero-order valence-corrected chi connectivity index (χ0v) is 20.0. The predicted octanol–water partition coefficient (Wildman–Crippen LogP) is 4.28. The van der Waals surface area contributed by atoms with Crippen molar-refractivity contribution in [3.63, 3.8) is 0 Å². The van der Waals surface area contributed by atoms with Crippen LogP contribution in [-0.2, 0) is 7.05 Å². The third-order valence-corrected chi connectivity index (χ3v) is 6.35. The van der Waals surface area contributed by atoms with Crippen LogP contribution >= 0.6 is 0 Å². The fourth-order valence-corrected chi connectivity index (χ4v) is 4.74. The summed E-state index contributed by atoms with van der Waals surface area (Å²) in [6.07, 6.45) is 2.66. The van der Waals surface area contributed by atoms with Crippen molar-refractivity contribution in [2.45, 2.75) is 19.9 Å². The number of carbonyl (C=O) groups is 1. The maximum Gasteiger partial charge on any atom is 0.407 e. The van der Waals surface area contributed by atoms with E-state index in [1.165, 1.54) is 4.90 Å². The molecule has 9 nitrogen and oxygen atoms in total. The molecule has 0 spiro atoms. The van der Waals surface area contributed by atoms with Gasteiger partial charge in [0.2, 0.25) is 0 Å². The monoisotopic (exact) mass is 472 g/mol. The van der Waals surface area contributed by atoms with Crippen LogP contribution in [0, 0.1) is 0 Å². The molecule has 0 bridgehead atoms. The molecule has 1 atom stereocenters. The Morgan fingerprint density at radius 1 is 1.14 bits per heavy atom. The molecule has 4 aromatic rings. The van der Waals surface area contributed by atoms with E-state index >= 15 is 0 Å². The number of ether oxygens (including phenoxy) is 1. The zero-order valence-electron chi connectivity index (χ0n) is 20.0. The first-order valence-corrected chi connectivity index (χ1v) is 11.7. The molecule has 9 heteroatoms. The van der Waals surface area contributed by atoms with Gasteiger partial charge in [-0.25, -0.2) is 14.8 Å². The van der Waals surface area contributed by atoms with Crippen molar-refractivity contribution >= 4 is 22.7 Å². The van der Waals surface area contributed by atoms with Crippen LogP contribution in [-0.4, -0.2) is 68.1 Å². The zero-order chi connectivity index (χ0) is 24.5. The van der Waals surface area contributed by atoms with E-state index in [1.807, 2.05) is 63.5 Å². The first-order chi connectivity index (χ1) is 17.0. The third kappa shape index (κ3) is 4.25. The van der Waals surface area contributed by atoms with Gasteiger partial charge in [0.1, 0.15) is 17.8 Å². The number of amides is 1. The lowest BCUT2D eigenvalue weighted by Gasteiger charge is -2.40. The van der Waals surface area contributed by atoms with Crippen LogP contribution in [0.15, 0.2) is 55.0 Å². The molecule has 3 heterocycles. The van der Waals surface area contributed by atoms with Crippen molar-refractivity contribution in [3.8, 4) is 28.3 Å². The molecule has 1 fully saturated rings. The lowest BCUT2D eigenvalue weighted by Crippen LogP contribution is -2.53. The second kappa shape index (κ2) is 9.25. The molecule has 0 radical (unpaired) electrons. The molecule has 2 aromatic carbocycles. The Labute approximate surface area is 203 Å². The Bertz CT molecular complexity index is 1370. The average Bonchev–Trinajstić information content (AvgIpc) is 3.25. The van der Waals surface area contributed by atoms with Crippen LogP contribution in [0.25, 0.3) is 33.4 Å². The van der Waals surface area contributed by atoms with E-state index < -0.39 is 6.09 Å². The van der Waals surface area contributed by atoms with Gasteiger partial charge >= 0.3 is 6.09 Å². The van der Waals surface area contributed by atoms with Crippen molar-refractivity contribution in [3.05, 3.63) is 55.0 Å². The van der Waals surface area contributed by atoms with Crippen LogP contribution in [0.2, 0.25) is 0 Å². The van der Waals surface area contributed by atoms with Crippen LogP contribution < -0.4 is 9.64 Å². The molecule has 2 aromatic heterocycles. The molecular formula is C26H28N6O3. The smallest absolute Gasteiger partial charge is 0.407 e. The number of aryl methyl sites for hydroxylation is 1. The Kier molecular flexibility index (Phi) is 5.98. The van der Waals surface area contributed by atoms with Crippen LogP contribution in [0.5, 0.6) is 5.75 Å². The number of anilines is 1. The number of carboxylic acid groups (broad SMARTS) is 1. The summed E-state index contributed by atoms with van der Waals surface area (Å²) in [7, 11) is 1.90.